The van der Waals surface area contributed by atoms with Crippen LogP contribution in [0.2, 0.25) is 0 Å². The van der Waals surface area contributed by atoms with E-state index in [9.17, 15) is 18.0 Å². The molecule has 1 atom stereocenters. The number of anilines is 1. The number of rotatable bonds is 7. The van der Waals surface area contributed by atoms with E-state index in [0.717, 1.165) is 13.1 Å². The van der Waals surface area contributed by atoms with Crippen molar-refractivity contribution in [2.45, 2.75) is 17.7 Å². The van der Waals surface area contributed by atoms with E-state index in [2.05, 4.69) is 10.2 Å². The first kappa shape index (κ1) is 26.9. The van der Waals surface area contributed by atoms with Gasteiger partial charge in [-0.15, -0.1) is 0 Å². The lowest BCUT2D eigenvalue weighted by Gasteiger charge is -2.32. The number of methoxy groups -OCH3 is 2. The van der Waals surface area contributed by atoms with E-state index in [-0.39, 0.29) is 23.3 Å². The van der Waals surface area contributed by atoms with Crippen molar-refractivity contribution in [3.63, 3.8) is 0 Å². The second-order valence-corrected chi connectivity index (χ2v) is 11.3. The van der Waals surface area contributed by atoms with Crippen molar-refractivity contribution >= 4 is 27.5 Å². The number of nitrogens with one attached hydrogen (secondary N) is 1. The molecular formula is C26H34N4O6S. The number of piperazine rings is 1. The van der Waals surface area contributed by atoms with E-state index in [4.69, 9.17) is 9.47 Å². The largest absolute Gasteiger partial charge is 0.493 e. The predicted octanol–water partition coefficient (Wildman–Crippen LogP) is 2.13. The number of ether oxygens (including phenoxy) is 2. The van der Waals surface area contributed by atoms with Crippen LogP contribution < -0.4 is 14.8 Å². The van der Waals surface area contributed by atoms with Gasteiger partial charge in [-0.2, -0.15) is 4.31 Å². The summed E-state index contributed by atoms with van der Waals surface area (Å²) in [6.45, 7) is 3.50. The van der Waals surface area contributed by atoms with Crippen molar-refractivity contribution < 1.29 is 27.5 Å². The van der Waals surface area contributed by atoms with Crippen molar-refractivity contribution in [3.8, 4) is 11.5 Å². The average Bonchev–Trinajstić information content (AvgIpc) is 2.93. The predicted molar refractivity (Wildman–Crippen MR) is 140 cm³/mol. The van der Waals surface area contributed by atoms with Crippen molar-refractivity contribution in [1.82, 2.24) is 14.1 Å². The number of piperidine rings is 1. The van der Waals surface area contributed by atoms with Gasteiger partial charge in [0.1, 0.15) is 0 Å². The molecule has 2 aromatic carbocycles. The minimum Gasteiger partial charge on any atom is -0.493 e. The number of benzene rings is 2. The zero-order chi connectivity index (χ0) is 26.6. The van der Waals surface area contributed by atoms with Crippen molar-refractivity contribution in [2.75, 3.05) is 65.9 Å². The van der Waals surface area contributed by atoms with Gasteiger partial charge in [0.05, 0.1) is 25.0 Å². The van der Waals surface area contributed by atoms with Crippen molar-refractivity contribution in [3.05, 3.63) is 48.0 Å². The highest BCUT2D eigenvalue weighted by Crippen LogP contribution is 2.32. The Labute approximate surface area is 218 Å². The Morgan fingerprint density at radius 2 is 1.59 bits per heavy atom. The number of hydrogen-bond donors (Lipinski definition) is 1. The van der Waals surface area contributed by atoms with E-state index in [1.165, 1.54) is 30.7 Å². The van der Waals surface area contributed by atoms with Gasteiger partial charge in [-0.1, -0.05) is 0 Å². The van der Waals surface area contributed by atoms with Crippen LogP contribution >= 0.6 is 0 Å². The van der Waals surface area contributed by atoms with E-state index < -0.39 is 15.9 Å². The van der Waals surface area contributed by atoms with Crippen LogP contribution in [-0.4, -0.2) is 94.9 Å². The molecule has 2 heterocycles. The van der Waals surface area contributed by atoms with Gasteiger partial charge < -0.3 is 24.6 Å². The van der Waals surface area contributed by atoms with Crippen LogP contribution in [0.4, 0.5) is 5.69 Å². The summed E-state index contributed by atoms with van der Waals surface area (Å²) in [6, 6.07) is 11.3. The quantitative estimate of drug-likeness (QED) is 0.584. The van der Waals surface area contributed by atoms with Crippen LogP contribution in [0.1, 0.15) is 23.2 Å². The molecule has 37 heavy (non-hydrogen) atoms. The number of hydrogen-bond acceptors (Lipinski definition) is 7. The van der Waals surface area contributed by atoms with Gasteiger partial charge in [0.2, 0.25) is 15.9 Å². The van der Waals surface area contributed by atoms with E-state index in [0.29, 0.717) is 55.2 Å². The molecule has 4 rings (SSSR count). The molecule has 2 aromatic rings. The molecule has 1 N–H and O–H groups in total. The first-order valence-electron chi connectivity index (χ1n) is 12.3. The Hall–Kier alpha value is -3.15. The Kier molecular flexibility index (Phi) is 8.35. The van der Waals surface area contributed by atoms with Gasteiger partial charge in [-0.3, -0.25) is 9.59 Å². The number of nitrogens with zero attached hydrogens (tertiary/aromatic N) is 3. The topological polar surface area (TPSA) is 108 Å². The maximum Gasteiger partial charge on any atom is 0.253 e. The molecule has 2 fully saturated rings. The number of sulfonamides is 1. The molecule has 2 amide bonds. The zero-order valence-electron chi connectivity index (χ0n) is 21.5. The molecule has 0 aromatic heterocycles. The number of carbonyl (C=O) groups is 2. The molecular weight excluding hydrogens is 496 g/mol. The lowest BCUT2D eigenvalue weighted by Crippen LogP contribution is -2.47. The van der Waals surface area contributed by atoms with Gasteiger partial charge in [0, 0.05) is 56.6 Å². The van der Waals surface area contributed by atoms with Gasteiger partial charge in [-0.25, -0.2) is 8.42 Å². The smallest absolute Gasteiger partial charge is 0.253 e. The highest BCUT2D eigenvalue weighted by Gasteiger charge is 2.34. The van der Waals surface area contributed by atoms with Crippen LogP contribution in [-0.2, 0) is 14.8 Å². The second kappa shape index (κ2) is 11.5. The lowest BCUT2D eigenvalue weighted by molar-refractivity contribution is -0.120. The molecule has 11 heteroatoms. The summed E-state index contributed by atoms with van der Waals surface area (Å²) in [5.74, 6) is 0.00738. The van der Waals surface area contributed by atoms with Crippen LogP contribution in [0.25, 0.3) is 0 Å². The summed E-state index contributed by atoms with van der Waals surface area (Å²) < 4.78 is 38.4. The Balaban J connectivity index is 1.39. The Bertz CT molecular complexity index is 1230. The summed E-state index contributed by atoms with van der Waals surface area (Å²) in [7, 11) is 1.16. The normalized spacial score (nSPS) is 19.3. The molecule has 0 bridgehead atoms. The summed E-state index contributed by atoms with van der Waals surface area (Å²) in [6.07, 6.45) is 1.16. The maximum atomic E-state index is 13.3. The molecule has 10 nitrogen and oxygen atoms in total. The maximum absolute atomic E-state index is 13.3. The van der Waals surface area contributed by atoms with E-state index in [1.54, 1.807) is 30.3 Å². The summed E-state index contributed by atoms with van der Waals surface area (Å²) >= 11 is 0. The highest BCUT2D eigenvalue weighted by molar-refractivity contribution is 7.89. The third-order valence-corrected chi connectivity index (χ3v) is 8.80. The minimum absolute atomic E-state index is 0.0192. The number of carbonyl (C=O) groups excluding carboxylic acids is 2. The van der Waals surface area contributed by atoms with Gasteiger partial charge in [-0.05, 0) is 56.3 Å². The molecule has 2 aliphatic rings. The third kappa shape index (κ3) is 6.06. The molecule has 0 aliphatic carbocycles. The number of likely N-dealkylation sites (N-methyl/N-ethyl adjacent to an activating group) is 1. The number of amides is 2. The summed E-state index contributed by atoms with van der Waals surface area (Å²) in [4.78, 5) is 29.9. The second-order valence-electron chi connectivity index (χ2n) is 9.38. The van der Waals surface area contributed by atoms with Crippen LogP contribution in [0, 0.1) is 5.92 Å². The van der Waals surface area contributed by atoms with E-state index >= 15 is 0 Å². The molecule has 200 valence electrons. The molecule has 2 saturated heterocycles. The Morgan fingerprint density at radius 3 is 2.24 bits per heavy atom. The third-order valence-electron chi connectivity index (χ3n) is 6.94. The Morgan fingerprint density at radius 1 is 0.919 bits per heavy atom. The SMILES string of the molecule is COc1ccc(S(=O)(=O)N2CCCC(C(=O)Nc3ccc(C(=O)N4CCN(C)CC4)cc3)C2)cc1OC. The fourth-order valence-electron chi connectivity index (χ4n) is 4.63. The average molecular weight is 531 g/mol. The molecule has 0 saturated carbocycles. The molecule has 2 aliphatic heterocycles. The summed E-state index contributed by atoms with van der Waals surface area (Å²) in [5, 5.41) is 2.88. The molecule has 0 radical (unpaired) electrons. The van der Waals surface area contributed by atoms with Gasteiger partial charge >= 0.3 is 0 Å². The summed E-state index contributed by atoms with van der Waals surface area (Å²) in [5.41, 5.74) is 1.15. The van der Waals surface area contributed by atoms with E-state index in [1.807, 2.05) is 11.9 Å². The zero-order valence-corrected chi connectivity index (χ0v) is 22.3. The van der Waals surface area contributed by atoms with Gasteiger partial charge in [0.15, 0.2) is 11.5 Å². The van der Waals surface area contributed by atoms with Crippen LogP contribution in [0.15, 0.2) is 47.4 Å². The monoisotopic (exact) mass is 530 g/mol. The fraction of sp³-hybridized carbons (Fsp3) is 0.462. The van der Waals surface area contributed by atoms with Crippen molar-refractivity contribution in [2.24, 2.45) is 5.92 Å². The lowest BCUT2D eigenvalue weighted by atomic mass is 9.98. The van der Waals surface area contributed by atoms with Crippen LogP contribution in [0.3, 0.4) is 0 Å². The van der Waals surface area contributed by atoms with Crippen molar-refractivity contribution in [1.29, 1.82) is 0 Å². The fourth-order valence-corrected chi connectivity index (χ4v) is 6.17. The minimum atomic E-state index is -3.82. The van der Waals surface area contributed by atoms with Crippen LogP contribution in [0.5, 0.6) is 11.5 Å². The first-order chi connectivity index (χ1) is 17.7. The molecule has 1 unspecified atom stereocenters. The first-order valence-corrected chi connectivity index (χ1v) is 13.8. The van der Waals surface area contributed by atoms with Gasteiger partial charge in [0.25, 0.3) is 5.91 Å². The standard InChI is InChI=1S/C26H34N4O6S/c1-28-13-15-29(16-14-28)26(32)19-6-8-21(9-7-19)27-25(31)20-5-4-12-30(18-20)37(33,34)22-10-11-23(35-2)24(17-22)36-3/h6-11,17,20H,4-5,12-16,18H2,1-3H3,(H,27,31). The molecule has 0 spiro atoms. The highest BCUT2D eigenvalue weighted by atomic mass is 32.2.